The number of benzene rings is 1. The third kappa shape index (κ3) is 2.81. The van der Waals surface area contributed by atoms with Gasteiger partial charge in [-0.15, -0.1) is 0 Å². The van der Waals surface area contributed by atoms with Crippen molar-refractivity contribution in [2.45, 2.75) is 37.9 Å². The third-order valence-corrected chi connectivity index (χ3v) is 3.94. The summed E-state index contributed by atoms with van der Waals surface area (Å²) in [5, 5.41) is 0. The van der Waals surface area contributed by atoms with Gasteiger partial charge >= 0.3 is 6.18 Å². The van der Waals surface area contributed by atoms with Crippen LogP contribution in [0, 0.1) is 5.92 Å². The van der Waals surface area contributed by atoms with E-state index in [4.69, 9.17) is 0 Å². The monoisotopic (exact) mass is 283 g/mol. The second kappa shape index (κ2) is 4.79. The summed E-state index contributed by atoms with van der Waals surface area (Å²) in [5.74, 6) is 0.621. The van der Waals surface area contributed by atoms with Crippen molar-refractivity contribution in [1.82, 2.24) is 0 Å². The lowest BCUT2D eigenvalue weighted by molar-refractivity contribution is -0.137. The number of rotatable bonds is 5. The minimum atomic E-state index is -4.49. The Morgan fingerprint density at radius 1 is 1.20 bits per heavy atom. The van der Waals surface area contributed by atoms with E-state index in [2.05, 4.69) is 4.90 Å². The SMILES string of the molecule is O=Cc1ccc(N(CC2CC2)C2CC2)cc1C(F)(F)F. The van der Waals surface area contributed by atoms with E-state index in [1.165, 1.54) is 18.9 Å². The highest BCUT2D eigenvalue weighted by Crippen LogP contribution is 2.40. The topological polar surface area (TPSA) is 20.3 Å². The fraction of sp³-hybridized carbons (Fsp3) is 0.533. The van der Waals surface area contributed by atoms with Crippen molar-refractivity contribution < 1.29 is 18.0 Å². The van der Waals surface area contributed by atoms with Gasteiger partial charge in [-0.1, -0.05) is 0 Å². The van der Waals surface area contributed by atoms with Gasteiger partial charge in [-0.25, -0.2) is 0 Å². The highest BCUT2D eigenvalue weighted by atomic mass is 19.4. The minimum absolute atomic E-state index is 0.273. The Labute approximate surface area is 115 Å². The summed E-state index contributed by atoms with van der Waals surface area (Å²) < 4.78 is 39.0. The van der Waals surface area contributed by atoms with Crippen molar-refractivity contribution in [3.05, 3.63) is 29.3 Å². The lowest BCUT2D eigenvalue weighted by Gasteiger charge is -2.26. The molecule has 108 valence electrons. The van der Waals surface area contributed by atoms with Crippen LogP contribution in [0.5, 0.6) is 0 Å². The van der Waals surface area contributed by atoms with Crippen LogP contribution in [-0.4, -0.2) is 18.9 Å². The Hall–Kier alpha value is -1.52. The minimum Gasteiger partial charge on any atom is -0.368 e. The third-order valence-electron chi connectivity index (χ3n) is 3.94. The van der Waals surface area contributed by atoms with E-state index in [1.807, 2.05) is 0 Å². The number of carbonyl (C=O) groups excluding carboxylic acids is 1. The number of carbonyl (C=O) groups is 1. The largest absolute Gasteiger partial charge is 0.417 e. The number of aldehydes is 1. The maximum atomic E-state index is 13.0. The Morgan fingerprint density at radius 2 is 1.90 bits per heavy atom. The molecule has 0 bridgehead atoms. The Kier molecular flexibility index (Phi) is 3.22. The number of anilines is 1. The Morgan fingerprint density at radius 3 is 2.40 bits per heavy atom. The van der Waals surface area contributed by atoms with Crippen LogP contribution in [0.2, 0.25) is 0 Å². The maximum Gasteiger partial charge on any atom is 0.417 e. The zero-order chi connectivity index (χ0) is 14.3. The lowest BCUT2D eigenvalue weighted by atomic mass is 10.1. The van der Waals surface area contributed by atoms with E-state index in [0.29, 0.717) is 17.6 Å². The molecule has 0 radical (unpaired) electrons. The number of halogens is 3. The van der Waals surface area contributed by atoms with Crippen LogP contribution >= 0.6 is 0 Å². The van der Waals surface area contributed by atoms with Crippen molar-refractivity contribution in [2.75, 3.05) is 11.4 Å². The van der Waals surface area contributed by atoms with Gasteiger partial charge < -0.3 is 4.90 Å². The fourth-order valence-corrected chi connectivity index (χ4v) is 2.50. The van der Waals surface area contributed by atoms with E-state index in [0.717, 1.165) is 25.5 Å². The van der Waals surface area contributed by atoms with Gasteiger partial charge in [0.25, 0.3) is 0 Å². The molecule has 2 fully saturated rings. The molecule has 0 spiro atoms. The van der Waals surface area contributed by atoms with Crippen molar-refractivity contribution in [3.63, 3.8) is 0 Å². The Balaban J connectivity index is 1.93. The summed E-state index contributed by atoms with van der Waals surface area (Å²) in [6.07, 6.45) is 0.215. The summed E-state index contributed by atoms with van der Waals surface area (Å²) >= 11 is 0. The molecule has 0 N–H and O–H groups in total. The van der Waals surface area contributed by atoms with Crippen LogP contribution in [0.4, 0.5) is 18.9 Å². The van der Waals surface area contributed by atoms with Gasteiger partial charge in [-0.3, -0.25) is 4.79 Å². The zero-order valence-electron chi connectivity index (χ0n) is 11.0. The number of alkyl halides is 3. The maximum absolute atomic E-state index is 13.0. The van der Waals surface area contributed by atoms with E-state index in [9.17, 15) is 18.0 Å². The van der Waals surface area contributed by atoms with E-state index in [-0.39, 0.29) is 11.8 Å². The lowest BCUT2D eigenvalue weighted by Crippen LogP contribution is -2.28. The van der Waals surface area contributed by atoms with Crippen LogP contribution in [0.3, 0.4) is 0 Å². The van der Waals surface area contributed by atoms with Crippen molar-refractivity contribution in [3.8, 4) is 0 Å². The van der Waals surface area contributed by atoms with Crippen LogP contribution < -0.4 is 4.90 Å². The molecule has 2 aliphatic rings. The van der Waals surface area contributed by atoms with Gasteiger partial charge in [-0.2, -0.15) is 13.2 Å². The molecular formula is C15H16F3NO. The fourth-order valence-electron chi connectivity index (χ4n) is 2.50. The Bertz CT molecular complexity index is 518. The van der Waals surface area contributed by atoms with E-state index < -0.39 is 11.7 Å². The van der Waals surface area contributed by atoms with E-state index >= 15 is 0 Å². The summed E-state index contributed by atoms with van der Waals surface area (Å²) in [7, 11) is 0. The standard InChI is InChI=1S/C15H16F3NO/c16-15(17,18)14-7-13(4-3-11(14)9-20)19(12-5-6-12)8-10-1-2-10/h3-4,7,9-10,12H,1-2,5-6,8H2. The van der Waals surface area contributed by atoms with Crippen LogP contribution in [0.25, 0.3) is 0 Å². The zero-order valence-corrected chi connectivity index (χ0v) is 11.0. The molecule has 0 amide bonds. The van der Waals surface area contributed by atoms with E-state index in [1.54, 1.807) is 6.07 Å². The van der Waals surface area contributed by atoms with Gasteiger partial charge in [0, 0.05) is 23.8 Å². The summed E-state index contributed by atoms with van der Waals surface area (Å²) in [4.78, 5) is 12.9. The molecule has 3 rings (SSSR count). The predicted molar refractivity (Wildman–Crippen MR) is 69.9 cm³/mol. The molecular weight excluding hydrogens is 267 g/mol. The molecule has 2 aliphatic carbocycles. The molecule has 1 aromatic rings. The molecule has 0 aromatic heterocycles. The molecule has 20 heavy (non-hydrogen) atoms. The summed E-state index contributed by atoms with van der Waals surface area (Å²) in [6.45, 7) is 0.836. The molecule has 2 saturated carbocycles. The molecule has 0 saturated heterocycles. The quantitative estimate of drug-likeness (QED) is 0.764. The van der Waals surface area contributed by atoms with Crippen molar-refractivity contribution in [1.29, 1.82) is 0 Å². The molecule has 0 heterocycles. The van der Waals surface area contributed by atoms with Gasteiger partial charge in [0.15, 0.2) is 6.29 Å². The van der Waals surface area contributed by atoms with Crippen LogP contribution in [-0.2, 0) is 6.18 Å². The molecule has 0 unspecified atom stereocenters. The summed E-state index contributed by atoms with van der Waals surface area (Å²) in [5.41, 5.74) is -0.521. The van der Waals surface area contributed by atoms with Crippen LogP contribution in [0.15, 0.2) is 18.2 Å². The first kappa shape index (κ1) is 13.5. The van der Waals surface area contributed by atoms with Gasteiger partial charge in [0.05, 0.1) is 5.56 Å². The highest BCUT2D eigenvalue weighted by molar-refractivity contribution is 5.79. The molecule has 1 aromatic carbocycles. The van der Waals surface area contributed by atoms with Gasteiger partial charge in [0.1, 0.15) is 0 Å². The number of hydrogen-bond acceptors (Lipinski definition) is 2. The number of hydrogen-bond donors (Lipinski definition) is 0. The first-order valence-electron chi connectivity index (χ1n) is 6.92. The summed E-state index contributed by atoms with van der Waals surface area (Å²) in [6, 6.07) is 4.43. The molecule has 2 nitrogen and oxygen atoms in total. The second-order valence-corrected chi connectivity index (χ2v) is 5.71. The first-order chi connectivity index (χ1) is 9.49. The second-order valence-electron chi connectivity index (χ2n) is 5.71. The average molecular weight is 283 g/mol. The van der Waals surface area contributed by atoms with Crippen LogP contribution in [0.1, 0.15) is 41.6 Å². The van der Waals surface area contributed by atoms with Crippen molar-refractivity contribution >= 4 is 12.0 Å². The molecule has 5 heteroatoms. The van der Waals surface area contributed by atoms with Crippen molar-refractivity contribution in [2.24, 2.45) is 5.92 Å². The number of nitrogens with zero attached hydrogens (tertiary/aromatic N) is 1. The normalized spacial score (nSPS) is 18.9. The highest BCUT2D eigenvalue weighted by Gasteiger charge is 2.37. The average Bonchev–Trinajstić information content (AvgIpc) is 3.26. The first-order valence-corrected chi connectivity index (χ1v) is 6.92. The van der Waals surface area contributed by atoms with Gasteiger partial charge in [0.2, 0.25) is 0 Å². The predicted octanol–water partition coefficient (Wildman–Crippen LogP) is 3.90. The van der Waals surface area contributed by atoms with Gasteiger partial charge in [-0.05, 0) is 49.8 Å². The molecule has 0 atom stereocenters. The smallest absolute Gasteiger partial charge is 0.368 e. The molecule has 0 aliphatic heterocycles.